The summed E-state index contributed by atoms with van der Waals surface area (Å²) in [6.07, 6.45) is 0. The zero-order valence-electron chi connectivity index (χ0n) is 11.5. The van der Waals surface area contributed by atoms with Gasteiger partial charge in [-0.2, -0.15) is 0 Å². The normalized spacial score (nSPS) is 10.2. The van der Waals surface area contributed by atoms with Crippen LogP contribution in [0, 0.1) is 24.0 Å². The van der Waals surface area contributed by atoms with E-state index in [4.69, 9.17) is 0 Å². The second kappa shape index (κ2) is 6.05. The maximum atomic E-state index is 12.2. The fourth-order valence-electron chi connectivity index (χ4n) is 1.96. The summed E-state index contributed by atoms with van der Waals surface area (Å²) in [6.45, 7) is 3.53. The number of benzene rings is 2. The summed E-state index contributed by atoms with van der Waals surface area (Å²) in [5.74, 6) is -0.265. The number of hydrogen-bond donors (Lipinski definition) is 1. The molecule has 0 aromatic heterocycles. The molecule has 0 bridgehead atoms. The Morgan fingerprint density at radius 1 is 1.19 bits per heavy atom. The highest BCUT2D eigenvalue weighted by atomic mass is 79.9. The van der Waals surface area contributed by atoms with Gasteiger partial charge in [-0.05, 0) is 53.5 Å². The molecule has 21 heavy (non-hydrogen) atoms. The highest BCUT2D eigenvalue weighted by Gasteiger charge is 2.14. The number of rotatable bonds is 3. The summed E-state index contributed by atoms with van der Waals surface area (Å²) < 4.78 is 0.737. The molecule has 0 fully saturated rings. The van der Waals surface area contributed by atoms with Crippen LogP contribution in [0.2, 0.25) is 0 Å². The van der Waals surface area contributed by atoms with E-state index in [0.717, 1.165) is 10.0 Å². The lowest BCUT2D eigenvalue weighted by Crippen LogP contribution is -2.13. The van der Waals surface area contributed by atoms with Crippen LogP contribution >= 0.6 is 15.9 Å². The second-order valence-corrected chi connectivity index (χ2v) is 5.44. The van der Waals surface area contributed by atoms with Gasteiger partial charge in [-0.25, -0.2) is 0 Å². The lowest BCUT2D eigenvalue weighted by atomic mass is 10.1. The van der Waals surface area contributed by atoms with Gasteiger partial charge in [-0.15, -0.1) is 0 Å². The van der Waals surface area contributed by atoms with Crippen molar-refractivity contribution >= 4 is 33.2 Å². The fraction of sp³-hybridized carbons (Fsp3) is 0.133. The standard InChI is InChI=1S/C15H13BrN2O3/c1-9-4-3-5-12(14(9)16)15(19)17-11-6-7-13(18(20)21)10(2)8-11/h3-8H,1-2H3,(H,17,19). The zero-order chi connectivity index (χ0) is 15.6. The van der Waals surface area contributed by atoms with Crippen molar-refractivity contribution in [2.45, 2.75) is 13.8 Å². The monoisotopic (exact) mass is 348 g/mol. The highest BCUT2D eigenvalue weighted by Crippen LogP contribution is 2.24. The molecule has 0 saturated heterocycles. The molecule has 2 aromatic rings. The number of nitrogens with zero attached hydrogens (tertiary/aromatic N) is 1. The predicted octanol–water partition coefficient (Wildman–Crippen LogP) is 4.23. The number of carbonyl (C=O) groups is 1. The third-order valence-electron chi connectivity index (χ3n) is 3.09. The first-order valence-corrected chi connectivity index (χ1v) is 7.01. The highest BCUT2D eigenvalue weighted by molar-refractivity contribution is 9.10. The van der Waals surface area contributed by atoms with Crippen molar-refractivity contribution in [3.63, 3.8) is 0 Å². The third-order valence-corrected chi connectivity index (χ3v) is 4.14. The Hall–Kier alpha value is -2.21. The maximum absolute atomic E-state index is 12.2. The summed E-state index contributed by atoms with van der Waals surface area (Å²) in [6, 6.07) is 9.90. The van der Waals surface area contributed by atoms with Crippen LogP contribution in [0.4, 0.5) is 11.4 Å². The van der Waals surface area contributed by atoms with Crippen molar-refractivity contribution in [3.8, 4) is 0 Å². The summed E-state index contributed by atoms with van der Waals surface area (Å²) in [7, 11) is 0. The van der Waals surface area contributed by atoms with E-state index in [2.05, 4.69) is 21.2 Å². The predicted molar refractivity (Wildman–Crippen MR) is 84.7 cm³/mol. The van der Waals surface area contributed by atoms with Crippen molar-refractivity contribution in [1.82, 2.24) is 0 Å². The van der Waals surface area contributed by atoms with Crippen LogP contribution in [-0.4, -0.2) is 10.8 Å². The molecular formula is C15H13BrN2O3. The van der Waals surface area contributed by atoms with Crippen molar-refractivity contribution in [1.29, 1.82) is 0 Å². The van der Waals surface area contributed by atoms with Gasteiger partial charge in [0.25, 0.3) is 11.6 Å². The molecule has 1 amide bonds. The molecule has 0 spiro atoms. The average Bonchev–Trinajstić information content (AvgIpc) is 2.41. The summed E-state index contributed by atoms with van der Waals surface area (Å²) in [5, 5.41) is 13.5. The van der Waals surface area contributed by atoms with Gasteiger partial charge >= 0.3 is 0 Å². The van der Waals surface area contributed by atoms with Gasteiger partial charge in [0.15, 0.2) is 0 Å². The third kappa shape index (κ3) is 3.28. The largest absolute Gasteiger partial charge is 0.322 e. The number of nitro benzene ring substituents is 1. The van der Waals surface area contributed by atoms with Crippen molar-refractivity contribution in [3.05, 3.63) is 67.7 Å². The zero-order valence-corrected chi connectivity index (χ0v) is 13.1. The summed E-state index contributed by atoms with van der Waals surface area (Å²) in [4.78, 5) is 22.6. The summed E-state index contributed by atoms with van der Waals surface area (Å²) in [5.41, 5.74) is 2.54. The topological polar surface area (TPSA) is 72.2 Å². The van der Waals surface area contributed by atoms with Crippen LogP contribution in [0.15, 0.2) is 40.9 Å². The Labute approximate surface area is 130 Å². The molecule has 0 aliphatic carbocycles. The molecule has 2 rings (SSSR count). The van der Waals surface area contributed by atoms with E-state index in [-0.39, 0.29) is 11.6 Å². The Bertz CT molecular complexity index is 729. The maximum Gasteiger partial charge on any atom is 0.272 e. The van der Waals surface area contributed by atoms with Gasteiger partial charge < -0.3 is 5.32 Å². The van der Waals surface area contributed by atoms with Crippen molar-refractivity contribution in [2.24, 2.45) is 0 Å². The van der Waals surface area contributed by atoms with Crippen molar-refractivity contribution < 1.29 is 9.72 Å². The molecule has 0 unspecified atom stereocenters. The molecular weight excluding hydrogens is 336 g/mol. The Morgan fingerprint density at radius 3 is 2.52 bits per heavy atom. The lowest BCUT2D eigenvalue weighted by Gasteiger charge is -2.09. The fourth-order valence-corrected chi connectivity index (χ4v) is 2.40. The first-order valence-electron chi connectivity index (χ1n) is 6.21. The first kappa shape index (κ1) is 15.2. The van der Waals surface area contributed by atoms with Crippen LogP contribution in [0.25, 0.3) is 0 Å². The van der Waals surface area contributed by atoms with E-state index in [1.807, 2.05) is 13.0 Å². The van der Waals surface area contributed by atoms with Crippen LogP contribution in [-0.2, 0) is 0 Å². The SMILES string of the molecule is Cc1cc(NC(=O)c2cccc(C)c2Br)ccc1[N+](=O)[O-]. The Morgan fingerprint density at radius 2 is 1.90 bits per heavy atom. The number of halogens is 1. The number of nitrogens with one attached hydrogen (secondary N) is 1. The van der Waals surface area contributed by atoms with Gasteiger partial charge in [0, 0.05) is 21.8 Å². The minimum absolute atomic E-state index is 0.0322. The van der Waals surface area contributed by atoms with Crippen LogP contribution in [0.1, 0.15) is 21.5 Å². The molecule has 0 saturated carbocycles. The van der Waals surface area contributed by atoms with E-state index < -0.39 is 4.92 Å². The number of nitro groups is 1. The molecule has 6 heteroatoms. The molecule has 5 nitrogen and oxygen atoms in total. The smallest absolute Gasteiger partial charge is 0.272 e. The number of anilines is 1. The van der Waals surface area contributed by atoms with Gasteiger partial charge in [-0.1, -0.05) is 12.1 Å². The number of amides is 1. The minimum atomic E-state index is -0.446. The quantitative estimate of drug-likeness (QED) is 0.666. The van der Waals surface area contributed by atoms with Gasteiger partial charge in [0.2, 0.25) is 0 Å². The molecule has 0 atom stereocenters. The minimum Gasteiger partial charge on any atom is -0.322 e. The molecule has 1 N–H and O–H groups in total. The van der Waals surface area contributed by atoms with E-state index in [0.29, 0.717) is 16.8 Å². The van der Waals surface area contributed by atoms with E-state index in [1.165, 1.54) is 12.1 Å². The van der Waals surface area contributed by atoms with Crippen molar-refractivity contribution in [2.75, 3.05) is 5.32 Å². The number of hydrogen-bond acceptors (Lipinski definition) is 3. The summed E-state index contributed by atoms with van der Waals surface area (Å²) >= 11 is 3.39. The Balaban J connectivity index is 2.26. The molecule has 108 valence electrons. The molecule has 2 aromatic carbocycles. The lowest BCUT2D eigenvalue weighted by molar-refractivity contribution is -0.385. The molecule has 0 heterocycles. The second-order valence-electron chi connectivity index (χ2n) is 4.65. The van der Waals surface area contributed by atoms with Gasteiger partial charge in [0.1, 0.15) is 0 Å². The van der Waals surface area contributed by atoms with Gasteiger partial charge in [0.05, 0.1) is 10.5 Å². The average molecular weight is 349 g/mol. The van der Waals surface area contributed by atoms with Crippen LogP contribution in [0.3, 0.4) is 0 Å². The first-order chi connectivity index (χ1) is 9.90. The number of aryl methyl sites for hydroxylation is 2. The van der Waals surface area contributed by atoms with E-state index >= 15 is 0 Å². The van der Waals surface area contributed by atoms with Crippen LogP contribution in [0.5, 0.6) is 0 Å². The van der Waals surface area contributed by atoms with Gasteiger partial charge in [-0.3, -0.25) is 14.9 Å². The van der Waals surface area contributed by atoms with E-state index in [9.17, 15) is 14.9 Å². The molecule has 0 aliphatic heterocycles. The molecule has 0 aliphatic rings. The number of carbonyl (C=O) groups excluding carboxylic acids is 1. The van der Waals surface area contributed by atoms with E-state index in [1.54, 1.807) is 25.1 Å². The van der Waals surface area contributed by atoms with Crippen LogP contribution < -0.4 is 5.32 Å². The Kier molecular flexibility index (Phi) is 4.37. The molecule has 0 radical (unpaired) electrons.